The van der Waals surface area contributed by atoms with Crippen LogP contribution in [0.2, 0.25) is 0 Å². The molecule has 28 heavy (non-hydrogen) atoms. The molecule has 140 valence electrons. The van der Waals surface area contributed by atoms with Crippen molar-refractivity contribution in [1.29, 1.82) is 0 Å². The number of imidazole rings is 1. The highest BCUT2D eigenvalue weighted by molar-refractivity contribution is 5.90. The van der Waals surface area contributed by atoms with Gasteiger partial charge in [0, 0.05) is 23.6 Å². The van der Waals surface area contributed by atoms with Gasteiger partial charge in [-0.1, -0.05) is 29.8 Å². The van der Waals surface area contributed by atoms with Gasteiger partial charge in [0.15, 0.2) is 5.65 Å². The number of nitrogens with zero attached hydrogens (tertiary/aromatic N) is 3. The molecule has 0 unspecified atom stereocenters. The third-order valence-corrected chi connectivity index (χ3v) is 4.64. The molecule has 1 N–H and O–H groups in total. The van der Waals surface area contributed by atoms with Crippen LogP contribution < -0.4 is 5.32 Å². The number of methoxy groups -OCH3 is 1. The van der Waals surface area contributed by atoms with E-state index in [9.17, 15) is 4.79 Å². The number of aromatic nitrogens is 3. The Morgan fingerprint density at radius 2 is 1.89 bits per heavy atom. The lowest BCUT2D eigenvalue weighted by molar-refractivity contribution is 0.0601. The Balaban J connectivity index is 1.82. The number of nitrogens with one attached hydrogen (secondary N) is 1. The zero-order valence-corrected chi connectivity index (χ0v) is 15.9. The van der Waals surface area contributed by atoms with Crippen LogP contribution in [0.25, 0.3) is 16.9 Å². The first-order chi connectivity index (χ1) is 13.6. The highest BCUT2D eigenvalue weighted by atomic mass is 16.5. The minimum absolute atomic E-state index is 0.362. The Morgan fingerprint density at radius 1 is 1.11 bits per heavy atom. The summed E-state index contributed by atoms with van der Waals surface area (Å²) in [6, 6.07) is 13.5. The fraction of sp³-hybridized carbons (Fsp3) is 0.136. The van der Waals surface area contributed by atoms with E-state index in [0.29, 0.717) is 5.56 Å². The van der Waals surface area contributed by atoms with E-state index in [2.05, 4.69) is 42.3 Å². The number of carbonyl (C=O) groups is 1. The summed E-state index contributed by atoms with van der Waals surface area (Å²) in [6.45, 7) is 4.15. The topological polar surface area (TPSA) is 68.5 Å². The third kappa shape index (κ3) is 3.20. The second-order valence-corrected chi connectivity index (χ2v) is 6.63. The highest BCUT2D eigenvalue weighted by Crippen LogP contribution is 2.32. The fourth-order valence-electron chi connectivity index (χ4n) is 3.19. The van der Waals surface area contributed by atoms with Crippen molar-refractivity contribution in [3.05, 3.63) is 77.7 Å². The van der Waals surface area contributed by atoms with Gasteiger partial charge in [0.05, 0.1) is 18.9 Å². The first-order valence-corrected chi connectivity index (χ1v) is 8.92. The number of esters is 1. The number of anilines is 2. The Hall–Kier alpha value is -3.67. The molecule has 0 aliphatic rings. The molecular weight excluding hydrogens is 352 g/mol. The van der Waals surface area contributed by atoms with Crippen molar-refractivity contribution in [2.75, 3.05) is 12.4 Å². The Bertz CT molecular complexity index is 1160. The normalized spacial score (nSPS) is 10.8. The first-order valence-electron chi connectivity index (χ1n) is 8.92. The van der Waals surface area contributed by atoms with Crippen LogP contribution in [0, 0.1) is 13.8 Å². The molecule has 4 aromatic rings. The standard InChI is InChI=1S/C22H20N4O2/c1-14-4-9-18(15(2)12-14)24-21-20(25-19-13-23-10-11-26(19)21)16-5-7-17(8-6-16)22(27)28-3/h4-13,24H,1-3H3. The third-order valence-electron chi connectivity index (χ3n) is 4.64. The second kappa shape index (κ2) is 7.15. The number of hydrogen-bond acceptors (Lipinski definition) is 5. The second-order valence-electron chi connectivity index (χ2n) is 6.63. The summed E-state index contributed by atoms with van der Waals surface area (Å²) < 4.78 is 6.74. The molecule has 2 aromatic carbocycles. The molecule has 4 rings (SSSR count). The number of ether oxygens (including phenoxy) is 1. The quantitative estimate of drug-likeness (QED) is 0.533. The molecule has 6 heteroatoms. The lowest BCUT2D eigenvalue weighted by atomic mass is 10.1. The predicted molar refractivity (Wildman–Crippen MR) is 109 cm³/mol. The minimum Gasteiger partial charge on any atom is -0.465 e. The van der Waals surface area contributed by atoms with Gasteiger partial charge >= 0.3 is 5.97 Å². The number of rotatable bonds is 4. The van der Waals surface area contributed by atoms with Crippen molar-refractivity contribution in [3.63, 3.8) is 0 Å². The first kappa shape index (κ1) is 17.7. The largest absolute Gasteiger partial charge is 0.465 e. The van der Waals surface area contributed by atoms with Crippen molar-refractivity contribution in [3.8, 4) is 11.3 Å². The van der Waals surface area contributed by atoms with Gasteiger partial charge in [-0.05, 0) is 37.6 Å². The fourth-order valence-corrected chi connectivity index (χ4v) is 3.19. The van der Waals surface area contributed by atoms with Gasteiger partial charge in [0.2, 0.25) is 0 Å². The number of fused-ring (bicyclic) bond motifs is 1. The zero-order valence-electron chi connectivity index (χ0n) is 15.9. The maximum absolute atomic E-state index is 11.7. The summed E-state index contributed by atoms with van der Waals surface area (Å²) in [6.07, 6.45) is 5.33. The summed E-state index contributed by atoms with van der Waals surface area (Å²) in [4.78, 5) is 20.6. The van der Waals surface area contributed by atoms with Crippen LogP contribution in [0.3, 0.4) is 0 Å². The number of hydrogen-bond donors (Lipinski definition) is 1. The molecular formula is C22H20N4O2. The van der Waals surface area contributed by atoms with Crippen LogP contribution >= 0.6 is 0 Å². The Morgan fingerprint density at radius 3 is 2.61 bits per heavy atom. The number of aryl methyl sites for hydroxylation is 2. The SMILES string of the molecule is COC(=O)c1ccc(-c2nc3cnccn3c2Nc2ccc(C)cc2C)cc1. The molecule has 2 aromatic heterocycles. The Kier molecular flexibility index (Phi) is 4.53. The predicted octanol–water partition coefficient (Wildman–Crippen LogP) is 4.54. The average Bonchev–Trinajstić information content (AvgIpc) is 3.08. The van der Waals surface area contributed by atoms with E-state index in [0.717, 1.165) is 34.0 Å². The molecule has 0 saturated heterocycles. The van der Waals surface area contributed by atoms with Crippen LogP contribution in [0.1, 0.15) is 21.5 Å². The van der Waals surface area contributed by atoms with Crippen LogP contribution in [0.5, 0.6) is 0 Å². The maximum Gasteiger partial charge on any atom is 0.337 e. The van der Waals surface area contributed by atoms with Crippen LogP contribution in [-0.2, 0) is 4.74 Å². The van der Waals surface area contributed by atoms with Gasteiger partial charge in [-0.2, -0.15) is 0 Å². The molecule has 0 amide bonds. The van der Waals surface area contributed by atoms with Crippen molar-refractivity contribution >= 4 is 23.1 Å². The van der Waals surface area contributed by atoms with E-state index >= 15 is 0 Å². The van der Waals surface area contributed by atoms with E-state index < -0.39 is 0 Å². The van der Waals surface area contributed by atoms with Crippen LogP contribution in [0.15, 0.2) is 61.1 Å². The summed E-state index contributed by atoms with van der Waals surface area (Å²) in [5, 5.41) is 3.52. The van der Waals surface area contributed by atoms with Gasteiger partial charge in [-0.3, -0.25) is 9.38 Å². The average molecular weight is 372 g/mol. The molecule has 0 radical (unpaired) electrons. The van der Waals surface area contributed by atoms with E-state index in [-0.39, 0.29) is 5.97 Å². The van der Waals surface area contributed by atoms with Gasteiger partial charge < -0.3 is 10.1 Å². The summed E-state index contributed by atoms with van der Waals surface area (Å²) in [7, 11) is 1.37. The Labute approximate surface area is 162 Å². The molecule has 0 aliphatic carbocycles. The minimum atomic E-state index is -0.362. The molecule has 0 spiro atoms. The molecule has 6 nitrogen and oxygen atoms in total. The number of benzene rings is 2. The molecule has 2 heterocycles. The van der Waals surface area contributed by atoms with E-state index in [1.54, 1.807) is 24.5 Å². The lowest BCUT2D eigenvalue weighted by Crippen LogP contribution is -2.01. The van der Waals surface area contributed by atoms with E-state index in [1.807, 2.05) is 22.7 Å². The molecule has 0 atom stereocenters. The van der Waals surface area contributed by atoms with Crippen molar-refractivity contribution in [2.24, 2.45) is 0 Å². The highest BCUT2D eigenvalue weighted by Gasteiger charge is 2.16. The van der Waals surface area contributed by atoms with E-state index in [4.69, 9.17) is 9.72 Å². The van der Waals surface area contributed by atoms with Gasteiger partial charge in [-0.25, -0.2) is 9.78 Å². The summed E-state index contributed by atoms with van der Waals surface area (Å²) in [5.74, 6) is 0.481. The summed E-state index contributed by atoms with van der Waals surface area (Å²) in [5.41, 5.74) is 6.28. The van der Waals surface area contributed by atoms with Crippen molar-refractivity contribution < 1.29 is 9.53 Å². The molecule has 0 aliphatic heterocycles. The molecule has 0 fully saturated rings. The maximum atomic E-state index is 11.7. The zero-order chi connectivity index (χ0) is 19.7. The van der Waals surface area contributed by atoms with Gasteiger partial charge in [-0.15, -0.1) is 0 Å². The smallest absolute Gasteiger partial charge is 0.337 e. The molecule has 0 saturated carbocycles. The molecule has 0 bridgehead atoms. The van der Waals surface area contributed by atoms with Crippen LogP contribution in [-0.4, -0.2) is 27.4 Å². The van der Waals surface area contributed by atoms with Crippen molar-refractivity contribution in [2.45, 2.75) is 13.8 Å². The van der Waals surface area contributed by atoms with Crippen LogP contribution in [0.4, 0.5) is 11.5 Å². The number of carbonyl (C=O) groups excluding carboxylic acids is 1. The van der Waals surface area contributed by atoms with Gasteiger partial charge in [0.1, 0.15) is 11.5 Å². The van der Waals surface area contributed by atoms with Gasteiger partial charge in [0.25, 0.3) is 0 Å². The monoisotopic (exact) mass is 372 g/mol. The summed E-state index contributed by atoms with van der Waals surface area (Å²) >= 11 is 0. The lowest BCUT2D eigenvalue weighted by Gasteiger charge is -2.12. The van der Waals surface area contributed by atoms with E-state index in [1.165, 1.54) is 12.7 Å². The van der Waals surface area contributed by atoms with Crippen molar-refractivity contribution in [1.82, 2.24) is 14.4 Å².